The Morgan fingerprint density at radius 1 is 1.14 bits per heavy atom. The van der Waals surface area contributed by atoms with Gasteiger partial charge in [-0.3, -0.25) is 19.7 Å². The van der Waals surface area contributed by atoms with Crippen LogP contribution in [-0.2, 0) is 4.79 Å². The topological polar surface area (TPSA) is 129 Å². The molecule has 0 fully saturated rings. The summed E-state index contributed by atoms with van der Waals surface area (Å²) in [6.45, 7) is 3.06. The molecule has 0 bridgehead atoms. The van der Waals surface area contributed by atoms with Gasteiger partial charge >= 0.3 is 5.69 Å². The number of aromatic nitrogens is 2. The minimum atomic E-state index is -0.623. The molecule has 10 nitrogen and oxygen atoms in total. The predicted octanol–water partition coefficient (Wildman–Crippen LogP) is 5.35. The maximum absolute atomic E-state index is 13.0. The smallest absolute Gasteiger partial charge is 0.312 e. The first-order valence-electron chi connectivity index (χ1n) is 10.8. The van der Waals surface area contributed by atoms with Gasteiger partial charge in [0.05, 0.1) is 22.0 Å². The van der Waals surface area contributed by atoms with Gasteiger partial charge in [-0.1, -0.05) is 49.6 Å². The zero-order chi connectivity index (χ0) is 26.7. The van der Waals surface area contributed by atoms with E-state index in [-0.39, 0.29) is 17.0 Å². The van der Waals surface area contributed by atoms with E-state index >= 15 is 0 Å². The number of carbonyl (C=O) groups is 1. The number of anilines is 1. The first kappa shape index (κ1) is 26.2. The van der Waals surface area contributed by atoms with Crippen LogP contribution in [-0.4, -0.2) is 33.3 Å². The summed E-state index contributed by atoms with van der Waals surface area (Å²) < 4.78 is 7.79. The van der Waals surface area contributed by atoms with Crippen molar-refractivity contribution in [3.05, 3.63) is 101 Å². The molecule has 0 aliphatic carbocycles. The molecule has 0 saturated carbocycles. The van der Waals surface area contributed by atoms with Crippen LogP contribution in [0.15, 0.2) is 73.4 Å². The molecule has 4 rings (SSSR count). The number of carbonyl (C=O) groups excluding carboxylic acids is 1. The summed E-state index contributed by atoms with van der Waals surface area (Å²) in [5, 5.41) is 19.0. The van der Waals surface area contributed by atoms with E-state index in [1.165, 1.54) is 18.3 Å². The van der Waals surface area contributed by atoms with Crippen molar-refractivity contribution in [1.29, 1.82) is 0 Å². The fourth-order valence-electron chi connectivity index (χ4n) is 3.48. The van der Waals surface area contributed by atoms with Crippen LogP contribution in [0.4, 0.5) is 11.4 Å². The van der Waals surface area contributed by atoms with Crippen molar-refractivity contribution in [2.45, 2.75) is 13.8 Å². The number of fused-ring (bicyclic) bond motifs is 1. The molecule has 37 heavy (non-hydrogen) atoms. The lowest BCUT2D eigenvalue weighted by molar-refractivity contribution is -0.385. The first-order chi connectivity index (χ1) is 17.6. The zero-order valence-electron chi connectivity index (χ0n) is 19.6. The SMILES string of the molecule is Cc1ccc(NC(=O)COc2c(C=Nn3c(C)nc4ccc(Br)cc4c3=O)cc(Br)cc2[N+](=O)[O-])cc1. The molecule has 0 saturated heterocycles. The van der Waals surface area contributed by atoms with E-state index < -0.39 is 23.0 Å². The summed E-state index contributed by atoms with van der Waals surface area (Å²) in [6, 6.07) is 15.1. The highest BCUT2D eigenvalue weighted by molar-refractivity contribution is 9.10. The number of ether oxygens (including phenoxy) is 1. The van der Waals surface area contributed by atoms with Gasteiger partial charge in [-0.05, 0) is 50.2 Å². The normalized spacial score (nSPS) is 11.1. The second kappa shape index (κ2) is 11.0. The van der Waals surface area contributed by atoms with Crippen LogP contribution in [0.3, 0.4) is 0 Å². The van der Waals surface area contributed by atoms with Gasteiger partial charge in [-0.15, -0.1) is 0 Å². The number of nitrogens with zero attached hydrogens (tertiary/aromatic N) is 4. The van der Waals surface area contributed by atoms with Crippen molar-refractivity contribution in [3.63, 3.8) is 0 Å². The lowest BCUT2D eigenvalue weighted by Crippen LogP contribution is -2.21. The highest BCUT2D eigenvalue weighted by atomic mass is 79.9. The maximum Gasteiger partial charge on any atom is 0.312 e. The highest BCUT2D eigenvalue weighted by Crippen LogP contribution is 2.34. The maximum atomic E-state index is 13.0. The molecule has 0 radical (unpaired) electrons. The van der Waals surface area contributed by atoms with Crippen LogP contribution in [0.1, 0.15) is 17.0 Å². The Morgan fingerprint density at radius 2 is 1.86 bits per heavy atom. The molecule has 1 heterocycles. The highest BCUT2D eigenvalue weighted by Gasteiger charge is 2.22. The molecule has 0 spiro atoms. The lowest BCUT2D eigenvalue weighted by Gasteiger charge is -2.11. The van der Waals surface area contributed by atoms with Crippen molar-refractivity contribution in [2.24, 2.45) is 5.10 Å². The fourth-order valence-corrected chi connectivity index (χ4v) is 4.30. The van der Waals surface area contributed by atoms with Gasteiger partial charge in [0.25, 0.3) is 11.5 Å². The third-order valence-electron chi connectivity index (χ3n) is 5.22. The Bertz CT molecular complexity index is 1620. The molecular weight excluding hydrogens is 610 g/mol. The van der Waals surface area contributed by atoms with Crippen LogP contribution in [0.2, 0.25) is 0 Å². The molecule has 188 valence electrons. The van der Waals surface area contributed by atoms with Gasteiger partial charge in [0.1, 0.15) is 5.82 Å². The average Bonchev–Trinajstić information content (AvgIpc) is 2.84. The minimum absolute atomic E-state index is 0.168. The summed E-state index contributed by atoms with van der Waals surface area (Å²) in [6.07, 6.45) is 1.25. The van der Waals surface area contributed by atoms with Gasteiger partial charge in [-0.25, -0.2) is 4.98 Å². The molecule has 1 N–H and O–H groups in total. The Hall–Kier alpha value is -3.90. The van der Waals surface area contributed by atoms with Gasteiger partial charge in [0.2, 0.25) is 5.75 Å². The molecule has 1 aromatic heterocycles. The average molecular weight is 629 g/mol. The number of amides is 1. The Balaban J connectivity index is 1.67. The molecule has 0 unspecified atom stereocenters. The number of nitro benzene ring substituents is 1. The van der Waals surface area contributed by atoms with E-state index in [0.29, 0.717) is 31.4 Å². The lowest BCUT2D eigenvalue weighted by atomic mass is 10.2. The summed E-state index contributed by atoms with van der Waals surface area (Å²) in [5.41, 5.74) is 1.51. The Morgan fingerprint density at radius 3 is 2.57 bits per heavy atom. The van der Waals surface area contributed by atoms with Crippen molar-refractivity contribution >= 4 is 66.3 Å². The number of halogens is 2. The third kappa shape index (κ3) is 6.09. The van der Waals surface area contributed by atoms with Crippen LogP contribution < -0.4 is 15.6 Å². The van der Waals surface area contributed by atoms with Crippen LogP contribution >= 0.6 is 31.9 Å². The number of aryl methyl sites for hydroxylation is 2. The molecule has 3 aromatic carbocycles. The number of hydrogen-bond acceptors (Lipinski definition) is 7. The Labute approximate surface area is 227 Å². The summed E-state index contributed by atoms with van der Waals surface area (Å²) >= 11 is 6.60. The van der Waals surface area contributed by atoms with Gasteiger partial charge < -0.3 is 10.1 Å². The Kier molecular flexibility index (Phi) is 7.79. The molecular formula is C25H19Br2N5O5. The van der Waals surface area contributed by atoms with Crippen LogP contribution in [0, 0.1) is 24.0 Å². The summed E-state index contributed by atoms with van der Waals surface area (Å²) in [4.78, 5) is 41.0. The molecule has 12 heteroatoms. The van der Waals surface area contributed by atoms with E-state index in [4.69, 9.17) is 4.74 Å². The van der Waals surface area contributed by atoms with Crippen LogP contribution in [0.5, 0.6) is 5.75 Å². The predicted molar refractivity (Wildman–Crippen MR) is 148 cm³/mol. The van der Waals surface area contributed by atoms with Crippen molar-refractivity contribution < 1.29 is 14.5 Å². The van der Waals surface area contributed by atoms with E-state index in [2.05, 4.69) is 47.3 Å². The number of nitro groups is 1. The summed E-state index contributed by atoms with van der Waals surface area (Å²) in [7, 11) is 0. The monoisotopic (exact) mass is 627 g/mol. The van der Waals surface area contributed by atoms with Crippen molar-refractivity contribution in [3.8, 4) is 5.75 Å². The minimum Gasteiger partial charge on any atom is -0.476 e. The number of hydrogen-bond donors (Lipinski definition) is 1. The molecule has 1 amide bonds. The van der Waals surface area contributed by atoms with Gasteiger partial charge in [0.15, 0.2) is 6.61 Å². The van der Waals surface area contributed by atoms with E-state index in [9.17, 15) is 19.7 Å². The molecule has 0 atom stereocenters. The number of benzene rings is 3. The second-order valence-electron chi connectivity index (χ2n) is 7.99. The second-order valence-corrected chi connectivity index (χ2v) is 9.82. The van der Waals surface area contributed by atoms with Crippen molar-refractivity contribution in [1.82, 2.24) is 9.66 Å². The van der Waals surface area contributed by atoms with Crippen molar-refractivity contribution in [2.75, 3.05) is 11.9 Å². The van der Waals surface area contributed by atoms with Gasteiger partial charge in [0, 0.05) is 26.3 Å². The summed E-state index contributed by atoms with van der Waals surface area (Å²) in [5.74, 6) is -0.348. The van der Waals surface area contributed by atoms with E-state index in [1.54, 1.807) is 37.3 Å². The van der Waals surface area contributed by atoms with E-state index in [1.807, 2.05) is 19.1 Å². The standard InChI is InChI=1S/C25H19Br2N5O5/c1-14-3-6-19(7-4-14)30-23(33)13-37-24-16(9-18(27)11-22(24)32(35)36)12-28-31-15(2)29-21-8-5-17(26)10-20(21)25(31)34/h3-12H,13H2,1-2H3,(H,30,33). The number of rotatable bonds is 7. The number of nitrogens with one attached hydrogen (secondary N) is 1. The fraction of sp³-hybridized carbons (Fsp3) is 0.120. The molecule has 4 aromatic rings. The van der Waals surface area contributed by atoms with E-state index in [0.717, 1.165) is 10.2 Å². The molecule has 0 aliphatic heterocycles. The largest absolute Gasteiger partial charge is 0.476 e. The van der Waals surface area contributed by atoms with Crippen LogP contribution in [0.25, 0.3) is 10.9 Å². The van der Waals surface area contributed by atoms with Gasteiger partial charge in [-0.2, -0.15) is 9.78 Å². The first-order valence-corrected chi connectivity index (χ1v) is 12.4. The third-order valence-corrected chi connectivity index (χ3v) is 6.18. The molecule has 0 aliphatic rings. The quantitative estimate of drug-likeness (QED) is 0.167. The zero-order valence-corrected chi connectivity index (χ0v) is 22.7.